The van der Waals surface area contributed by atoms with Crippen LogP contribution in [0.4, 0.5) is 11.5 Å². The van der Waals surface area contributed by atoms with Gasteiger partial charge >= 0.3 is 0 Å². The molecule has 1 N–H and O–H groups in total. The van der Waals surface area contributed by atoms with Gasteiger partial charge in [0.15, 0.2) is 0 Å². The molecule has 106 valence electrons. The van der Waals surface area contributed by atoms with Crippen molar-refractivity contribution in [3.05, 3.63) is 44.4 Å². The molecule has 0 amide bonds. The zero-order valence-corrected chi connectivity index (χ0v) is 14.9. The third-order valence-corrected chi connectivity index (χ3v) is 3.95. The largest absolute Gasteiger partial charge is 0.340 e. The van der Waals surface area contributed by atoms with E-state index in [0.29, 0.717) is 5.15 Å². The molecule has 1 aromatic carbocycles. The number of nitrogens with zero attached hydrogens (tertiary/aromatic N) is 2. The average Bonchev–Trinajstić information content (AvgIpc) is 2.36. The van der Waals surface area contributed by atoms with Crippen molar-refractivity contribution in [3.63, 3.8) is 0 Å². The zero-order valence-electron chi connectivity index (χ0n) is 12.0. The first-order valence-corrected chi connectivity index (χ1v) is 7.80. The number of hydrogen-bond acceptors (Lipinski definition) is 3. The number of halogens is 2. The van der Waals surface area contributed by atoms with Crippen LogP contribution >= 0.6 is 34.2 Å². The summed E-state index contributed by atoms with van der Waals surface area (Å²) in [5.41, 5.74) is 1.71. The molecule has 0 saturated heterocycles. The van der Waals surface area contributed by atoms with Gasteiger partial charge in [-0.3, -0.25) is 0 Å². The minimum atomic E-state index is -0.139. The highest BCUT2D eigenvalue weighted by atomic mass is 127. The van der Waals surface area contributed by atoms with E-state index >= 15 is 0 Å². The highest BCUT2D eigenvalue weighted by molar-refractivity contribution is 14.1. The predicted molar refractivity (Wildman–Crippen MR) is 92.9 cm³/mol. The van der Waals surface area contributed by atoms with Crippen molar-refractivity contribution in [3.8, 4) is 0 Å². The molecule has 1 heterocycles. The van der Waals surface area contributed by atoms with Crippen molar-refractivity contribution in [2.75, 3.05) is 5.32 Å². The van der Waals surface area contributed by atoms with Crippen molar-refractivity contribution < 1.29 is 0 Å². The topological polar surface area (TPSA) is 37.8 Å². The van der Waals surface area contributed by atoms with Crippen LogP contribution in [0.15, 0.2) is 24.3 Å². The van der Waals surface area contributed by atoms with Crippen molar-refractivity contribution in [2.24, 2.45) is 0 Å². The van der Waals surface area contributed by atoms with Gasteiger partial charge in [-0.2, -0.15) is 0 Å². The monoisotopic (exact) mass is 401 g/mol. The number of benzene rings is 1. The van der Waals surface area contributed by atoms with Crippen LogP contribution in [0.25, 0.3) is 0 Å². The van der Waals surface area contributed by atoms with E-state index in [1.54, 1.807) is 0 Å². The Kier molecular flexibility index (Phi) is 4.54. The summed E-state index contributed by atoms with van der Waals surface area (Å²) in [4.78, 5) is 8.99. The van der Waals surface area contributed by atoms with Gasteiger partial charge in [0.2, 0.25) is 0 Å². The predicted octanol–water partition coefficient (Wildman–Crippen LogP) is 5.08. The molecule has 5 heteroatoms. The van der Waals surface area contributed by atoms with Crippen LogP contribution < -0.4 is 5.32 Å². The van der Waals surface area contributed by atoms with Gasteiger partial charge in [0.1, 0.15) is 16.8 Å². The van der Waals surface area contributed by atoms with Gasteiger partial charge in [-0.1, -0.05) is 32.4 Å². The van der Waals surface area contributed by atoms with Crippen LogP contribution in [0.2, 0.25) is 5.15 Å². The van der Waals surface area contributed by atoms with Crippen LogP contribution in [0.5, 0.6) is 0 Å². The maximum Gasteiger partial charge on any atom is 0.138 e. The standard InChI is InChI=1S/C15H17ClIN3/c1-9-12(16)19-14(15(2,3)4)20-13(9)18-11-7-5-10(17)6-8-11/h5-8H,1-4H3,(H,18,19,20). The van der Waals surface area contributed by atoms with Crippen molar-refractivity contribution in [2.45, 2.75) is 33.1 Å². The molecular weight excluding hydrogens is 385 g/mol. The van der Waals surface area contributed by atoms with E-state index in [-0.39, 0.29) is 5.41 Å². The van der Waals surface area contributed by atoms with Gasteiger partial charge in [-0.25, -0.2) is 9.97 Å². The van der Waals surface area contributed by atoms with Gasteiger partial charge < -0.3 is 5.32 Å². The molecule has 0 aliphatic heterocycles. The number of anilines is 2. The maximum absolute atomic E-state index is 6.22. The normalized spacial score (nSPS) is 11.5. The second kappa shape index (κ2) is 5.85. The third kappa shape index (κ3) is 3.61. The van der Waals surface area contributed by atoms with E-state index in [1.807, 2.05) is 31.2 Å². The third-order valence-electron chi connectivity index (χ3n) is 2.86. The Bertz CT molecular complexity index is 618. The minimum absolute atomic E-state index is 0.139. The molecule has 0 aliphatic carbocycles. The highest BCUT2D eigenvalue weighted by Crippen LogP contribution is 2.28. The van der Waals surface area contributed by atoms with Crippen LogP contribution in [0, 0.1) is 10.5 Å². The first-order valence-electron chi connectivity index (χ1n) is 6.34. The smallest absolute Gasteiger partial charge is 0.138 e. The first kappa shape index (κ1) is 15.5. The Balaban J connectivity index is 2.40. The Morgan fingerprint density at radius 3 is 2.25 bits per heavy atom. The molecule has 0 fully saturated rings. The van der Waals surface area contributed by atoms with Crippen LogP contribution in [0.1, 0.15) is 32.2 Å². The Labute approximate surface area is 138 Å². The lowest BCUT2D eigenvalue weighted by molar-refractivity contribution is 0.545. The van der Waals surface area contributed by atoms with Crippen LogP contribution in [-0.4, -0.2) is 9.97 Å². The Morgan fingerprint density at radius 2 is 1.70 bits per heavy atom. The molecule has 0 unspecified atom stereocenters. The summed E-state index contributed by atoms with van der Waals surface area (Å²) in [5, 5.41) is 3.81. The van der Waals surface area contributed by atoms with Crippen molar-refractivity contribution >= 4 is 45.7 Å². The van der Waals surface area contributed by atoms with Gasteiger partial charge in [0.25, 0.3) is 0 Å². The number of aromatic nitrogens is 2. The summed E-state index contributed by atoms with van der Waals surface area (Å²) in [6.45, 7) is 8.14. The van der Waals surface area contributed by atoms with Gasteiger partial charge in [0, 0.05) is 20.2 Å². The molecule has 3 nitrogen and oxygen atoms in total. The number of nitrogens with one attached hydrogen (secondary N) is 1. The molecule has 0 spiro atoms. The Morgan fingerprint density at radius 1 is 1.10 bits per heavy atom. The number of hydrogen-bond donors (Lipinski definition) is 1. The van der Waals surface area contributed by atoms with E-state index in [0.717, 1.165) is 22.9 Å². The molecular formula is C15H17ClIN3. The van der Waals surface area contributed by atoms with Crippen LogP contribution in [-0.2, 0) is 5.41 Å². The molecule has 0 bridgehead atoms. The lowest BCUT2D eigenvalue weighted by Gasteiger charge is -2.19. The molecule has 0 saturated carbocycles. The summed E-state index contributed by atoms with van der Waals surface area (Å²) in [5.74, 6) is 1.50. The second-order valence-corrected chi connectivity index (χ2v) is 7.30. The fourth-order valence-corrected chi connectivity index (χ4v) is 2.15. The summed E-state index contributed by atoms with van der Waals surface area (Å²) >= 11 is 8.50. The molecule has 1 aromatic heterocycles. The molecule has 2 aromatic rings. The van der Waals surface area contributed by atoms with Crippen LogP contribution in [0.3, 0.4) is 0 Å². The molecule has 20 heavy (non-hydrogen) atoms. The molecule has 0 aliphatic rings. The van der Waals surface area contributed by atoms with E-state index in [4.69, 9.17) is 11.6 Å². The van der Waals surface area contributed by atoms with E-state index in [1.165, 1.54) is 3.57 Å². The fourth-order valence-electron chi connectivity index (χ4n) is 1.62. The quantitative estimate of drug-likeness (QED) is 0.563. The van der Waals surface area contributed by atoms with E-state index in [2.05, 4.69) is 58.6 Å². The lowest BCUT2D eigenvalue weighted by Crippen LogP contribution is -2.17. The summed E-state index contributed by atoms with van der Waals surface area (Å²) in [7, 11) is 0. The molecule has 2 rings (SSSR count). The summed E-state index contributed by atoms with van der Waals surface area (Å²) < 4.78 is 1.20. The highest BCUT2D eigenvalue weighted by Gasteiger charge is 2.20. The summed E-state index contributed by atoms with van der Waals surface area (Å²) in [6.07, 6.45) is 0. The Hall–Kier alpha value is -0.880. The van der Waals surface area contributed by atoms with E-state index < -0.39 is 0 Å². The fraction of sp³-hybridized carbons (Fsp3) is 0.333. The van der Waals surface area contributed by atoms with Gasteiger partial charge in [-0.15, -0.1) is 0 Å². The minimum Gasteiger partial charge on any atom is -0.340 e. The van der Waals surface area contributed by atoms with Crippen molar-refractivity contribution in [1.82, 2.24) is 9.97 Å². The van der Waals surface area contributed by atoms with Gasteiger partial charge in [-0.05, 0) is 53.8 Å². The molecule has 0 radical (unpaired) electrons. The number of rotatable bonds is 2. The van der Waals surface area contributed by atoms with Crippen molar-refractivity contribution in [1.29, 1.82) is 0 Å². The maximum atomic E-state index is 6.22. The molecule has 0 atom stereocenters. The second-order valence-electron chi connectivity index (χ2n) is 5.69. The average molecular weight is 402 g/mol. The zero-order chi connectivity index (χ0) is 14.9. The SMILES string of the molecule is Cc1c(Cl)nc(C(C)(C)C)nc1Nc1ccc(I)cc1. The lowest BCUT2D eigenvalue weighted by atomic mass is 9.95. The first-order chi connectivity index (χ1) is 9.27. The summed E-state index contributed by atoms with van der Waals surface area (Å²) in [6, 6.07) is 8.14. The van der Waals surface area contributed by atoms with E-state index in [9.17, 15) is 0 Å². The van der Waals surface area contributed by atoms with Gasteiger partial charge in [0.05, 0.1) is 0 Å².